The van der Waals surface area contributed by atoms with Gasteiger partial charge in [0.1, 0.15) is 12.4 Å². The van der Waals surface area contributed by atoms with Crippen molar-refractivity contribution >= 4 is 17.0 Å². The highest BCUT2D eigenvalue weighted by molar-refractivity contribution is 7.07. The summed E-state index contributed by atoms with van der Waals surface area (Å²) in [5.74, 6) is 1.02. The second kappa shape index (κ2) is 7.28. The van der Waals surface area contributed by atoms with Crippen molar-refractivity contribution in [2.24, 2.45) is 5.92 Å². The number of nitrogens with zero attached hydrogens (tertiary/aromatic N) is 2. The number of hydrogen-bond acceptors (Lipinski definition) is 5. The van der Waals surface area contributed by atoms with Crippen molar-refractivity contribution in [3.05, 3.63) is 40.8 Å². The van der Waals surface area contributed by atoms with E-state index < -0.39 is 0 Å². The van der Waals surface area contributed by atoms with E-state index in [-0.39, 0.29) is 5.92 Å². The molecule has 1 fully saturated rings. The maximum atomic E-state index is 9.11. The molecule has 0 saturated heterocycles. The number of nitrogens with one attached hydrogen (secondary N) is 1. The molecule has 5 heteroatoms. The van der Waals surface area contributed by atoms with Crippen molar-refractivity contribution < 1.29 is 4.74 Å². The molecule has 1 aromatic carbocycles. The highest BCUT2D eigenvalue weighted by atomic mass is 32.1. The summed E-state index contributed by atoms with van der Waals surface area (Å²) in [6.45, 7) is 0.480. The minimum absolute atomic E-state index is 0.175. The first kappa shape index (κ1) is 14.9. The van der Waals surface area contributed by atoms with Gasteiger partial charge in [-0.05, 0) is 31.4 Å². The lowest BCUT2D eigenvalue weighted by molar-refractivity contribution is 0.302. The average molecular weight is 313 g/mol. The predicted molar refractivity (Wildman–Crippen MR) is 87.9 cm³/mol. The molecule has 1 aliphatic rings. The number of hydrogen-bond donors (Lipinski definition) is 1. The Morgan fingerprint density at radius 2 is 2.27 bits per heavy atom. The Bertz CT molecular complexity index is 636. The summed E-state index contributed by atoms with van der Waals surface area (Å²) in [5.41, 5.74) is 3.76. The molecule has 1 saturated carbocycles. The number of anilines is 1. The zero-order valence-corrected chi connectivity index (χ0v) is 13.2. The fourth-order valence-corrected chi connectivity index (χ4v) is 3.37. The van der Waals surface area contributed by atoms with Gasteiger partial charge < -0.3 is 10.1 Å². The number of ether oxygens (including phenoxy) is 1. The molecule has 3 rings (SSSR count). The standard InChI is InChI=1S/C17H19N3OS/c18-9-13-4-3-5-14(8-13)20-16-6-1-2-7-17(16)21-10-15-11-22-12-19-15/h1-2,6-7,11-14,20H,3-5,8,10H2. The number of nitriles is 1. The van der Waals surface area contributed by atoms with Gasteiger partial charge in [-0.25, -0.2) is 4.98 Å². The highest BCUT2D eigenvalue weighted by Crippen LogP contribution is 2.30. The lowest BCUT2D eigenvalue weighted by atomic mass is 9.86. The molecular weight excluding hydrogens is 294 g/mol. The van der Waals surface area contributed by atoms with Crippen molar-refractivity contribution in [3.63, 3.8) is 0 Å². The molecule has 0 aliphatic heterocycles. The van der Waals surface area contributed by atoms with Crippen LogP contribution in [-0.4, -0.2) is 11.0 Å². The third-order valence-corrected chi connectivity index (χ3v) is 4.60. The van der Waals surface area contributed by atoms with Gasteiger partial charge in [0.15, 0.2) is 0 Å². The molecule has 114 valence electrons. The molecule has 2 atom stereocenters. The zero-order valence-electron chi connectivity index (χ0n) is 12.4. The molecule has 1 aliphatic carbocycles. The maximum absolute atomic E-state index is 9.11. The van der Waals surface area contributed by atoms with Crippen LogP contribution in [0, 0.1) is 17.2 Å². The Labute approximate surface area is 134 Å². The lowest BCUT2D eigenvalue weighted by Crippen LogP contribution is -2.26. The van der Waals surface area contributed by atoms with Crippen molar-refractivity contribution in [2.75, 3.05) is 5.32 Å². The predicted octanol–water partition coefficient (Wildman–Crippen LogP) is 4.22. The van der Waals surface area contributed by atoms with Crippen LogP contribution in [0.2, 0.25) is 0 Å². The van der Waals surface area contributed by atoms with Gasteiger partial charge in [0.05, 0.1) is 23.0 Å². The molecular formula is C17H19N3OS. The maximum Gasteiger partial charge on any atom is 0.142 e. The monoisotopic (exact) mass is 313 g/mol. The van der Waals surface area contributed by atoms with Crippen LogP contribution >= 0.6 is 11.3 Å². The SMILES string of the molecule is N#CC1CCCC(Nc2ccccc2OCc2cscn2)C1. The van der Waals surface area contributed by atoms with Crippen LogP contribution < -0.4 is 10.1 Å². The smallest absolute Gasteiger partial charge is 0.142 e. The first-order valence-corrected chi connectivity index (χ1v) is 8.54. The summed E-state index contributed by atoms with van der Waals surface area (Å²) in [7, 11) is 0. The molecule has 1 aromatic heterocycles. The Hall–Kier alpha value is -2.06. The Morgan fingerprint density at radius 1 is 1.36 bits per heavy atom. The van der Waals surface area contributed by atoms with E-state index in [9.17, 15) is 0 Å². The quantitative estimate of drug-likeness (QED) is 0.898. The second-order valence-electron chi connectivity index (χ2n) is 5.60. The Balaban J connectivity index is 1.64. The van der Waals surface area contributed by atoms with Crippen molar-refractivity contribution in [3.8, 4) is 11.8 Å². The van der Waals surface area contributed by atoms with E-state index in [1.807, 2.05) is 35.2 Å². The van der Waals surface area contributed by atoms with E-state index in [0.29, 0.717) is 12.6 Å². The van der Waals surface area contributed by atoms with Gasteiger partial charge in [0.25, 0.3) is 0 Å². The zero-order chi connectivity index (χ0) is 15.2. The fourth-order valence-electron chi connectivity index (χ4n) is 2.83. The highest BCUT2D eigenvalue weighted by Gasteiger charge is 2.22. The van der Waals surface area contributed by atoms with Crippen molar-refractivity contribution in [2.45, 2.75) is 38.3 Å². The first-order chi connectivity index (χ1) is 10.8. The van der Waals surface area contributed by atoms with Crippen LogP contribution in [0.3, 0.4) is 0 Å². The van der Waals surface area contributed by atoms with E-state index in [1.165, 1.54) is 0 Å². The van der Waals surface area contributed by atoms with Gasteiger partial charge in [-0.15, -0.1) is 11.3 Å². The number of rotatable bonds is 5. The molecule has 1 N–H and O–H groups in total. The van der Waals surface area contributed by atoms with E-state index >= 15 is 0 Å². The number of benzene rings is 1. The Morgan fingerprint density at radius 3 is 3.09 bits per heavy atom. The normalized spacial score (nSPS) is 21.0. The summed E-state index contributed by atoms with van der Waals surface area (Å²) in [6.07, 6.45) is 4.16. The minimum atomic E-state index is 0.175. The van der Waals surface area contributed by atoms with E-state index in [4.69, 9.17) is 10.00 Å². The number of aromatic nitrogens is 1. The lowest BCUT2D eigenvalue weighted by Gasteiger charge is -2.27. The van der Waals surface area contributed by atoms with Gasteiger partial charge in [-0.1, -0.05) is 18.6 Å². The van der Waals surface area contributed by atoms with Crippen LogP contribution in [0.25, 0.3) is 0 Å². The summed E-state index contributed by atoms with van der Waals surface area (Å²) in [5, 5.41) is 14.7. The van der Waals surface area contributed by atoms with Crippen molar-refractivity contribution in [1.29, 1.82) is 5.26 Å². The molecule has 0 amide bonds. The van der Waals surface area contributed by atoms with Gasteiger partial charge >= 0.3 is 0 Å². The molecule has 0 spiro atoms. The molecule has 22 heavy (non-hydrogen) atoms. The van der Waals surface area contributed by atoms with Gasteiger partial charge in [-0.2, -0.15) is 5.26 Å². The van der Waals surface area contributed by atoms with E-state index in [1.54, 1.807) is 11.3 Å². The third-order valence-electron chi connectivity index (χ3n) is 3.96. The fraction of sp³-hybridized carbons (Fsp3) is 0.412. The van der Waals surface area contributed by atoms with Gasteiger partial charge in [0, 0.05) is 17.3 Å². The molecule has 2 unspecified atom stereocenters. The largest absolute Gasteiger partial charge is 0.485 e. The topological polar surface area (TPSA) is 57.9 Å². The molecule has 1 heterocycles. The first-order valence-electron chi connectivity index (χ1n) is 7.60. The molecule has 0 radical (unpaired) electrons. The van der Waals surface area contributed by atoms with Crippen LogP contribution in [-0.2, 0) is 6.61 Å². The average Bonchev–Trinajstić information content (AvgIpc) is 3.08. The summed E-state index contributed by atoms with van der Waals surface area (Å²) >= 11 is 1.57. The Kier molecular flexibility index (Phi) is 4.92. The summed E-state index contributed by atoms with van der Waals surface area (Å²) in [4.78, 5) is 4.23. The molecule has 2 aromatic rings. The van der Waals surface area contributed by atoms with Crippen LogP contribution in [0.4, 0.5) is 5.69 Å². The molecule has 4 nitrogen and oxygen atoms in total. The molecule has 0 bridgehead atoms. The second-order valence-corrected chi connectivity index (χ2v) is 6.32. The van der Waals surface area contributed by atoms with Crippen LogP contribution in [0.15, 0.2) is 35.2 Å². The van der Waals surface area contributed by atoms with E-state index in [2.05, 4.69) is 16.4 Å². The van der Waals surface area contributed by atoms with Gasteiger partial charge in [0.2, 0.25) is 0 Å². The van der Waals surface area contributed by atoms with Crippen molar-refractivity contribution in [1.82, 2.24) is 4.98 Å². The summed E-state index contributed by atoms with van der Waals surface area (Å²) in [6, 6.07) is 10.7. The van der Waals surface area contributed by atoms with Crippen LogP contribution in [0.5, 0.6) is 5.75 Å². The van der Waals surface area contributed by atoms with Crippen LogP contribution in [0.1, 0.15) is 31.4 Å². The number of para-hydroxylation sites is 2. The number of thiazole rings is 1. The summed E-state index contributed by atoms with van der Waals surface area (Å²) < 4.78 is 5.89. The van der Waals surface area contributed by atoms with E-state index in [0.717, 1.165) is 42.8 Å². The van der Waals surface area contributed by atoms with Gasteiger partial charge in [-0.3, -0.25) is 0 Å². The minimum Gasteiger partial charge on any atom is -0.485 e. The third kappa shape index (κ3) is 3.77.